The number of esters is 3. The van der Waals surface area contributed by atoms with E-state index in [4.69, 9.17) is 14.2 Å². The number of ether oxygens (including phenoxy) is 3. The largest absolute Gasteiger partial charge is 0.462 e. The Morgan fingerprint density at radius 2 is 0.500 bits per heavy atom. The van der Waals surface area contributed by atoms with E-state index < -0.39 is 6.10 Å². The Bertz CT molecular complexity index is 1520. The van der Waals surface area contributed by atoms with Crippen LogP contribution < -0.4 is 0 Å². The van der Waals surface area contributed by atoms with E-state index in [-0.39, 0.29) is 31.1 Å². The van der Waals surface area contributed by atoms with Crippen molar-refractivity contribution in [1.82, 2.24) is 0 Å². The molecule has 80 heavy (non-hydrogen) atoms. The van der Waals surface area contributed by atoms with Gasteiger partial charge in [-0.05, 0) is 89.9 Å². The molecule has 0 radical (unpaired) electrons. The zero-order valence-electron chi connectivity index (χ0n) is 53.1. The van der Waals surface area contributed by atoms with Crippen molar-refractivity contribution in [3.63, 3.8) is 0 Å². The number of allylic oxidation sites excluding steroid dienone is 14. The Hall–Kier alpha value is -3.41. The van der Waals surface area contributed by atoms with E-state index in [1.165, 1.54) is 199 Å². The molecule has 0 saturated carbocycles. The first-order valence-corrected chi connectivity index (χ1v) is 34.6. The average molecular weight is 1120 g/mol. The Morgan fingerprint density at radius 3 is 0.812 bits per heavy atom. The van der Waals surface area contributed by atoms with E-state index in [2.05, 4.69) is 106 Å². The number of carbonyl (C=O) groups excluding carboxylic acids is 3. The topological polar surface area (TPSA) is 78.9 Å². The monoisotopic (exact) mass is 1110 g/mol. The molecule has 0 aliphatic heterocycles. The number of hydrogen-bond acceptors (Lipinski definition) is 6. The summed E-state index contributed by atoms with van der Waals surface area (Å²) in [6.07, 6.45) is 90.4. The standard InChI is InChI=1S/C74H130O6/c1-4-7-10-13-16-19-22-24-26-28-30-32-34-36-37-38-40-41-43-45-47-49-52-55-58-61-64-67-73(76)79-70-71(69-78-72(75)66-63-60-57-54-51-21-18-15-12-9-6-3)80-74(77)68-65-62-59-56-53-50-48-46-44-42-39-35-33-31-29-27-25-23-20-17-14-11-8-5-2/h7,10,15-16,18-19,24,26,30,32,36-37,40-41,71H,4-6,8-9,11-14,17,20-23,25,27-29,31,33-35,38-39,42-70H2,1-3H3/b10-7-,18-15-,19-16-,26-24-,32-30-,37-36-,41-40-. The summed E-state index contributed by atoms with van der Waals surface area (Å²) in [6, 6.07) is 0. The normalized spacial score (nSPS) is 12.6. The van der Waals surface area contributed by atoms with Gasteiger partial charge in [-0.25, -0.2) is 0 Å². The van der Waals surface area contributed by atoms with Crippen molar-refractivity contribution in [2.45, 2.75) is 354 Å². The fourth-order valence-electron chi connectivity index (χ4n) is 9.96. The minimum absolute atomic E-state index is 0.0803. The van der Waals surface area contributed by atoms with E-state index >= 15 is 0 Å². The van der Waals surface area contributed by atoms with Crippen molar-refractivity contribution in [3.05, 3.63) is 85.1 Å². The number of hydrogen-bond donors (Lipinski definition) is 0. The van der Waals surface area contributed by atoms with E-state index in [9.17, 15) is 14.4 Å². The third-order valence-electron chi connectivity index (χ3n) is 15.1. The van der Waals surface area contributed by atoms with Gasteiger partial charge in [-0.15, -0.1) is 0 Å². The number of carbonyl (C=O) groups is 3. The van der Waals surface area contributed by atoms with Gasteiger partial charge in [0.2, 0.25) is 0 Å². The van der Waals surface area contributed by atoms with Gasteiger partial charge in [0, 0.05) is 19.3 Å². The van der Waals surface area contributed by atoms with Gasteiger partial charge >= 0.3 is 17.9 Å². The first-order valence-electron chi connectivity index (χ1n) is 34.6. The maximum Gasteiger partial charge on any atom is 0.306 e. The lowest BCUT2D eigenvalue weighted by molar-refractivity contribution is -0.167. The Balaban J connectivity index is 4.24. The van der Waals surface area contributed by atoms with Gasteiger partial charge in [0.15, 0.2) is 6.10 Å². The van der Waals surface area contributed by atoms with Gasteiger partial charge in [-0.3, -0.25) is 14.4 Å². The van der Waals surface area contributed by atoms with Crippen LogP contribution in [0.2, 0.25) is 0 Å². The van der Waals surface area contributed by atoms with Gasteiger partial charge in [0.1, 0.15) is 13.2 Å². The fourth-order valence-corrected chi connectivity index (χ4v) is 9.96. The molecule has 0 aliphatic rings. The zero-order chi connectivity index (χ0) is 57.8. The second-order valence-electron chi connectivity index (χ2n) is 23.1. The van der Waals surface area contributed by atoms with Crippen LogP contribution in [0, 0.1) is 0 Å². The molecule has 0 aliphatic carbocycles. The van der Waals surface area contributed by atoms with E-state index in [1.54, 1.807) is 0 Å². The van der Waals surface area contributed by atoms with Crippen LogP contribution in [0.5, 0.6) is 0 Å². The Morgan fingerprint density at radius 1 is 0.263 bits per heavy atom. The lowest BCUT2D eigenvalue weighted by Gasteiger charge is -2.18. The first kappa shape index (κ1) is 76.6. The molecule has 0 N–H and O–H groups in total. The average Bonchev–Trinajstić information content (AvgIpc) is 3.46. The second kappa shape index (κ2) is 68.1. The van der Waals surface area contributed by atoms with E-state index in [0.29, 0.717) is 19.3 Å². The van der Waals surface area contributed by atoms with Gasteiger partial charge < -0.3 is 14.2 Å². The van der Waals surface area contributed by atoms with E-state index in [0.717, 1.165) is 109 Å². The highest BCUT2D eigenvalue weighted by molar-refractivity contribution is 5.71. The molecule has 6 heteroatoms. The van der Waals surface area contributed by atoms with Gasteiger partial charge in [0.25, 0.3) is 0 Å². The predicted octanol–water partition coefficient (Wildman–Crippen LogP) is 23.8. The number of rotatable bonds is 63. The highest BCUT2D eigenvalue weighted by Crippen LogP contribution is 2.18. The summed E-state index contributed by atoms with van der Waals surface area (Å²) in [5, 5.41) is 0. The molecule has 0 saturated heterocycles. The zero-order valence-corrected chi connectivity index (χ0v) is 53.1. The lowest BCUT2D eigenvalue weighted by atomic mass is 10.0. The van der Waals surface area contributed by atoms with Crippen LogP contribution in [-0.2, 0) is 28.6 Å². The van der Waals surface area contributed by atoms with Crippen molar-refractivity contribution in [2.75, 3.05) is 13.2 Å². The van der Waals surface area contributed by atoms with Crippen LogP contribution in [0.1, 0.15) is 348 Å². The molecule has 1 unspecified atom stereocenters. The summed E-state index contributed by atoms with van der Waals surface area (Å²) in [5.74, 6) is -0.880. The summed E-state index contributed by atoms with van der Waals surface area (Å²) < 4.78 is 16.9. The van der Waals surface area contributed by atoms with Crippen molar-refractivity contribution >= 4 is 17.9 Å². The lowest BCUT2D eigenvalue weighted by Crippen LogP contribution is -2.30. The molecule has 0 rings (SSSR count). The van der Waals surface area contributed by atoms with Crippen molar-refractivity contribution in [3.8, 4) is 0 Å². The Labute approximate surface area is 496 Å². The highest BCUT2D eigenvalue weighted by Gasteiger charge is 2.19. The molecule has 0 aromatic heterocycles. The van der Waals surface area contributed by atoms with Crippen LogP contribution in [-0.4, -0.2) is 37.2 Å². The molecular weight excluding hydrogens is 985 g/mol. The molecule has 1 atom stereocenters. The third kappa shape index (κ3) is 65.4. The molecule has 6 nitrogen and oxygen atoms in total. The predicted molar refractivity (Wildman–Crippen MR) is 348 cm³/mol. The molecule has 0 bridgehead atoms. The summed E-state index contributed by atoms with van der Waals surface area (Å²) in [5.41, 5.74) is 0. The minimum atomic E-state index is -0.783. The maximum absolute atomic E-state index is 12.9. The van der Waals surface area contributed by atoms with Crippen LogP contribution >= 0.6 is 0 Å². The van der Waals surface area contributed by atoms with Gasteiger partial charge in [-0.1, -0.05) is 324 Å². The summed E-state index contributed by atoms with van der Waals surface area (Å²) in [4.78, 5) is 38.3. The quantitative estimate of drug-likeness (QED) is 0.0261. The molecule has 0 aromatic carbocycles. The SMILES string of the molecule is CC/C=C\C/C=C\C/C=C\C/C=C\C/C=C\C/C=C\CCCCCCCCCCC(=O)OCC(COC(=O)CCCCCCC/C=C\CCCC)OC(=O)CCCCCCCCCCCCCCCCCCCCCCCCCC. The molecule has 0 amide bonds. The molecule has 0 spiro atoms. The third-order valence-corrected chi connectivity index (χ3v) is 15.1. The summed E-state index contributed by atoms with van der Waals surface area (Å²) in [6.45, 7) is 6.52. The second-order valence-corrected chi connectivity index (χ2v) is 23.1. The highest BCUT2D eigenvalue weighted by atomic mass is 16.6. The van der Waals surface area contributed by atoms with Crippen molar-refractivity contribution < 1.29 is 28.6 Å². The van der Waals surface area contributed by atoms with Gasteiger partial charge in [-0.2, -0.15) is 0 Å². The van der Waals surface area contributed by atoms with E-state index in [1.807, 2.05) is 0 Å². The van der Waals surface area contributed by atoms with Crippen LogP contribution in [0.3, 0.4) is 0 Å². The van der Waals surface area contributed by atoms with Gasteiger partial charge in [0.05, 0.1) is 0 Å². The maximum atomic E-state index is 12.9. The summed E-state index contributed by atoms with van der Waals surface area (Å²) >= 11 is 0. The minimum Gasteiger partial charge on any atom is -0.462 e. The van der Waals surface area contributed by atoms with Crippen LogP contribution in [0.25, 0.3) is 0 Å². The first-order chi connectivity index (χ1) is 39.5. The smallest absolute Gasteiger partial charge is 0.306 e. The van der Waals surface area contributed by atoms with Crippen molar-refractivity contribution in [2.24, 2.45) is 0 Å². The molecular formula is C74H130O6. The van der Waals surface area contributed by atoms with Crippen LogP contribution in [0.15, 0.2) is 85.1 Å². The van der Waals surface area contributed by atoms with Crippen LogP contribution in [0.4, 0.5) is 0 Å². The number of unbranched alkanes of at least 4 members (excludes halogenated alkanes) is 38. The fraction of sp³-hybridized carbons (Fsp3) is 0.770. The Kier molecular flexibility index (Phi) is 65.2. The molecule has 462 valence electrons. The molecule has 0 aromatic rings. The molecule has 0 heterocycles. The van der Waals surface area contributed by atoms with Crippen molar-refractivity contribution in [1.29, 1.82) is 0 Å². The molecule has 0 fully saturated rings. The summed E-state index contributed by atoms with van der Waals surface area (Å²) in [7, 11) is 0.